The number of hydrogen-bond acceptors (Lipinski definition) is 4. The molecule has 1 aliphatic rings. The molecule has 0 radical (unpaired) electrons. The maximum Gasteiger partial charge on any atom is 0.325 e. The smallest absolute Gasteiger partial charge is 0.325 e. The van der Waals surface area contributed by atoms with E-state index in [1.54, 1.807) is 0 Å². The third-order valence-corrected chi connectivity index (χ3v) is 5.91. The third kappa shape index (κ3) is 2.18. The molecular weight excluding hydrogens is 294 g/mol. The zero-order valence-corrected chi connectivity index (χ0v) is 11.1. The highest BCUT2D eigenvalue weighted by atomic mass is 32.2. The van der Waals surface area contributed by atoms with Gasteiger partial charge in [-0.25, -0.2) is 17.2 Å². The number of carboxylic acid groups (broad SMARTS) is 1. The lowest BCUT2D eigenvalue weighted by molar-refractivity contribution is -0.142. The minimum absolute atomic E-state index is 0.0473. The fraction of sp³-hybridized carbons (Fsp3) is 0.417. The van der Waals surface area contributed by atoms with E-state index in [2.05, 4.69) is 0 Å². The van der Waals surface area contributed by atoms with Gasteiger partial charge in [-0.2, -0.15) is 0 Å². The zero-order valence-electron chi connectivity index (χ0n) is 10.3. The molecule has 110 valence electrons. The van der Waals surface area contributed by atoms with Crippen LogP contribution in [-0.2, 0) is 19.4 Å². The highest BCUT2D eigenvalue weighted by Gasteiger charge is 2.53. The van der Waals surface area contributed by atoms with Crippen molar-refractivity contribution in [3.8, 4) is 0 Å². The van der Waals surface area contributed by atoms with E-state index in [0.717, 1.165) is 12.1 Å². The van der Waals surface area contributed by atoms with E-state index < -0.39 is 37.1 Å². The number of ether oxygens (including phenoxy) is 1. The second-order valence-electron chi connectivity index (χ2n) is 4.49. The fourth-order valence-corrected chi connectivity index (χ4v) is 4.12. The number of aliphatic carboxylic acids is 1. The molecule has 1 saturated heterocycles. The summed E-state index contributed by atoms with van der Waals surface area (Å²) in [6.45, 7) is -0.0946. The van der Waals surface area contributed by atoms with Gasteiger partial charge in [0.05, 0.1) is 0 Å². The van der Waals surface area contributed by atoms with E-state index in [4.69, 9.17) is 4.74 Å². The quantitative estimate of drug-likeness (QED) is 0.853. The Morgan fingerprint density at radius 3 is 2.35 bits per heavy atom. The molecule has 8 heteroatoms. The number of halogens is 2. The van der Waals surface area contributed by atoms with Crippen molar-refractivity contribution in [3.63, 3.8) is 0 Å². The van der Waals surface area contributed by atoms with Gasteiger partial charge in [-0.15, -0.1) is 0 Å². The summed E-state index contributed by atoms with van der Waals surface area (Å²) in [4.78, 5) is 10.6. The highest BCUT2D eigenvalue weighted by Crippen LogP contribution is 2.36. The number of carboxylic acids is 1. The predicted octanol–water partition coefficient (Wildman–Crippen LogP) is 1.37. The molecule has 0 aliphatic carbocycles. The van der Waals surface area contributed by atoms with Gasteiger partial charge in [0.25, 0.3) is 0 Å². The van der Waals surface area contributed by atoms with Crippen LogP contribution in [-0.4, -0.2) is 37.5 Å². The van der Waals surface area contributed by atoms with Crippen molar-refractivity contribution >= 4 is 15.8 Å². The molecule has 1 aromatic carbocycles. The molecule has 0 spiro atoms. The summed E-state index contributed by atoms with van der Waals surface area (Å²) in [6.07, 6.45) is -0.553. The molecular formula is C12H12F2O5S. The van der Waals surface area contributed by atoms with Crippen molar-refractivity contribution in [2.45, 2.75) is 22.5 Å². The van der Waals surface area contributed by atoms with Crippen molar-refractivity contribution in [2.24, 2.45) is 0 Å². The molecule has 1 heterocycles. The van der Waals surface area contributed by atoms with E-state index >= 15 is 0 Å². The maximum absolute atomic E-state index is 13.7. The van der Waals surface area contributed by atoms with Crippen LogP contribution < -0.4 is 0 Å². The number of hydrogen-bond donors (Lipinski definition) is 1. The van der Waals surface area contributed by atoms with Crippen molar-refractivity contribution < 1.29 is 31.8 Å². The van der Waals surface area contributed by atoms with Crippen LogP contribution in [0.25, 0.3) is 0 Å². The predicted molar refractivity (Wildman–Crippen MR) is 64.0 cm³/mol. The van der Waals surface area contributed by atoms with Gasteiger partial charge in [-0.1, -0.05) is 0 Å². The molecule has 0 amide bonds. The van der Waals surface area contributed by atoms with Gasteiger partial charge in [-0.05, 0) is 12.1 Å². The first-order valence-corrected chi connectivity index (χ1v) is 7.30. The molecule has 0 atom stereocenters. The molecule has 2 rings (SSSR count). The molecule has 1 N–H and O–H groups in total. The lowest BCUT2D eigenvalue weighted by atomic mass is 9.99. The number of benzene rings is 1. The van der Waals surface area contributed by atoms with Gasteiger partial charge in [0.2, 0.25) is 0 Å². The van der Waals surface area contributed by atoms with Gasteiger partial charge < -0.3 is 9.84 Å². The van der Waals surface area contributed by atoms with E-state index in [0.29, 0.717) is 6.07 Å². The number of rotatable bonds is 3. The first-order valence-electron chi connectivity index (χ1n) is 5.82. The van der Waals surface area contributed by atoms with Gasteiger partial charge in [-0.3, -0.25) is 4.79 Å². The molecule has 0 bridgehead atoms. The average molecular weight is 306 g/mol. The Balaban J connectivity index is 2.59. The molecule has 0 unspecified atom stereocenters. The summed E-state index contributed by atoms with van der Waals surface area (Å²) in [6, 6.07) is 1.95. The lowest BCUT2D eigenvalue weighted by Gasteiger charge is -2.32. The Hall–Kier alpha value is -1.54. The van der Waals surface area contributed by atoms with Crippen molar-refractivity contribution in [3.05, 3.63) is 29.8 Å². The van der Waals surface area contributed by atoms with Crippen LogP contribution in [0.2, 0.25) is 0 Å². The van der Waals surface area contributed by atoms with E-state index in [9.17, 15) is 27.1 Å². The van der Waals surface area contributed by atoms with Gasteiger partial charge in [0.15, 0.2) is 14.6 Å². The fourth-order valence-electron chi connectivity index (χ4n) is 2.20. The average Bonchev–Trinajstić information content (AvgIpc) is 2.38. The molecule has 20 heavy (non-hydrogen) atoms. The Bertz CT molecular complexity index is 635. The van der Waals surface area contributed by atoms with E-state index in [1.165, 1.54) is 0 Å². The van der Waals surface area contributed by atoms with Crippen LogP contribution in [0.15, 0.2) is 23.1 Å². The van der Waals surface area contributed by atoms with Crippen LogP contribution in [0.1, 0.15) is 12.8 Å². The van der Waals surface area contributed by atoms with Crippen LogP contribution in [0.4, 0.5) is 8.78 Å². The largest absolute Gasteiger partial charge is 0.480 e. The van der Waals surface area contributed by atoms with E-state index in [-0.39, 0.29) is 26.1 Å². The van der Waals surface area contributed by atoms with Crippen LogP contribution in [0.3, 0.4) is 0 Å². The van der Waals surface area contributed by atoms with Crippen LogP contribution in [0, 0.1) is 11.6 Å². The summed E-state index contributed by atoms with van der Waals surface area (Å²) in [5.74, 6) is -3.78. The summed E-state index contributed by atoms with van der Waals surface area (Å²) in [5, 5.41) is 9.30. The zero-order chi connectivity index (χ0) is 15.0. The Morgan fingerprint density at radius 2 is 1.85 bits per heavy atom. The molecule has 1 aliphatic heterocycles. The van der Waals surface area contributed by atoms with Crippen LogP contribution in [0.5, 0.6) is 0 Å². The van der Waals surface area contributed by atoms with Crippen molar-refractivity contribution in [1.29, 1.82) is 0 Å². The molecule has 0 aromatic heterocycles. The summed E-state index contributed by atoms with van der Waals surface area (Å²) >= 11 is 0. The molecule has 5 nitrogen and oxygen atoms in total. The first kappa shape index (κ1) is 14.9. The van der Waals surface area contributed by atoms with E-state index in [1.807, 2.05) is 0 Å². The minimum Gasteiger partial charge on any atom is -0.480 e. The normalized spacial score (nSPS) is 18.7. The second kappa shape index (κ2) is 5.10. The van der Waals surface area contributed by atoms with Crippen LogP contribution >= 0.6 is 0 Å². The first-order chi connectivity index (χ1) is 9.31. The number of carbonyl (C=O) groups is 1. The molecule has 0 saturated carbocycles. The van der Waals surface area contributed by atoms with Crippen molar-refractivity contribution in [1.82, 2.24) is 0 Å². The Morgan fingerprint density at radius 1 is 1.25 bits per heavy atom. The topological polar surface area (TPSA) is 80.7 Å². The summed E-state index contributed by atoms with van der Waals surface area (Å²) in [7, 11) is -4.49. The second-order valence-corrected chi connectivity index (χ2v) is 6.72. The third-order valence-electron chi connectivity index (χ3n) is 3.39. The maximum atomic E-state index is 13.7. The molecule has 1 aromatic rings. The molecule has 1 fully saturated rings. The monoisotopic (exact) mass is 306 g/mol. The van der Waals surface area contributed by atoms with Gasteiger partial charge in [0.1, 0.15) is 16.5 Å². The lowest BCUT2D eigenvalue weighted by Crippen LogP contribution is -2.50. The Labute approximate surface area is 114 Å². The SMILES string of the molecule is O=C(O)C1(S(=O)(=O)c2ccc(F)cc2F)CCOCC1. The van der Waals surface area contributed by atoms with Crippen molar-refractivity contribution in [2.75, 3.05) is 13.2 Å². The van der Waals surface area contributed by atoms with Gasteiger partial charge >= 0.3 is 5.97 Å². The summed E-state index contributed by atoms with van der Waals surface area (Å²) < 4.78 is 54.4. The summed E-state index contributed by atoms with van der Waals surface area (Å²) in [5.41, 5.74) is 0. The number of sulfone groups is 1. The van der Waals surface area contributed by atoms with Gasteiger partial charge in [0, 0.05) is 32.1 Å². The highest BCUT2D eigenvalue weighted by molar-refractivity contribution is 7.93. The standard InChI is InChI=1S/C12H12F2O5S/c13-8-1-2-10(9(14)7-8)20(17,18)12(11(15)16)3-5-19-6-4-12/h1-2,7H,3-6H2,(H,15,16). The Kier molecular flexibility index (Phi) is 3.79. The minimum atomic E-state index is -4.49.